The van der Waals surface area contributed by atoms with Gasteiger partial charge in [-0.2, -0.15) is 17.9 Å². The first kappa shape index (κ1) is 28.0. The van der Waals surface area contributed by atoms with Crippen molar-refractivity contribution in [3.05, 3.63) is 101 Å². The van der Waals surface area contributed by atoms with Crippen molar-refractivity contribution >= 4 is 21.7 Å². The van der Waals surface area contributed by atoms with Gasteiger partial charge in [0.25, 0.3) is 5.91 Å². The quantitative estimate of drug-likeness (QED) is 0.380. The summed E-state index contributed by atoms with van der Waals surface area (Å²) in [6.07, 6.45) is -4.74. The number of hydrogen-bond donors (Lipinski definition) is 2. The van der Waals surface area contributed by atoms with Crippen molar-refractivity contribution in [3.8, 4) is 0 Å². The van der Waals surface area contributed by atoms with Crippen molar-refractivity contribution in [1.82, 2.24) is 10.0 Å². The summed E-state index contributed by atoms with van der Waals surface area (Å²) < 4.78 is 77.5. The summed E-state index contributed by atoms with van der Waals surface area (Å²) >= 11 is 0. The second-order valence-corrected chi connectivity index (χ2v) is 10.1. The minimum absolute atomic E-state index is 0.169. The summed E-state index contributed by atoms with van der Waals surface area (Å²) in [5.41, 5.74) is 1.36. The molecule has 1 amide bonds. The van der Waals surface area contributed by atoms with Crippen LogP contribution in [0.25, 0.3) is 0 Å². The zero-order valence-corrected chi connectivity index (χ0v) is 20.4. The summed E-state index contributed by atoms with van der Waals surface area (Å²) in [4.78, 5) is 25.4. The van der Waals surface area contributed by atoms with E-state index in [9.17, 15) is 35.6 Å². The third kappa shape index (κ3) is 7.96. The van der Waals surface area contributed by atoms with Gasteiger partial charge in [0.15, 0.2) is 5.78 Å². The van der Waals surface area contributed by atoms with Crippen molar-refractivity contribution in [3.63, 3.8) is 0 Å². The van der Waals surface area contributed by atoms with Gasteiger partial charge in [0.1, 0.15) is 11.9 Å². The first-order valence-electron chi connectivity index (χ1n) is 11.2. The maximum atomic E-state index is 13.2. The van der Waals surface area contributed by atoms with Crippen LogP contribution in [0.15, 0.2) is 83.8 Å². The number of ketones is 1. The Bertz CT molecular complexity index is 1330. The molecule has 0 aliphatic carbocycles. The monoisotopic (exact) mass is 536 g/mol. The predicted octanol–water partition coefficient (Wildman–Crippen LogP) is 4.21. The highest BCUT2D eigenvalue weighted by atomic mass is 32.2. The van der Waals surface area contributed by atoms with E-state index in [1.54, 1.807) is 35.1 Å². The lowest BCUT2D eigenvalue weighted by atomic mass is 9.97. The van der Waals surface area contributed by atoms with Crippen LogP contribution in [0.2, 0.25) is 0 Å². The van der Waals surface area contributed by atoms with E-state index in [4.69, 9.17) is 0 Å². The zero-order chi connectivity index (χ0) is 27.2. The number of hydrogen-bond acceptors (Lipinski definition) is 4. The first-order chi connectivity index (χ1) is 17.3. The molecule has 0 unspecified atom stereocenters. The molecular weight excluding hydrogens is 512 g/mol. The average Bonchev–Trinajstić information content (AvgIpc) is 2.84. The normalized spacial score (nSPS) is 13.5. The number of nitrogens with one attached hydrogen (secondary N) is 2. The van der Waals surface area contributed by atoms with Gasteiger partial charge in [-0.1, -0.05) is 42.5 Å². The van der Waals surface area contributed by atoms with Crippen molar-refractivity contribution < 1.29 is 35.6 Å². The van der Waals surface area contributed by atoms with Crippen LogP contribution in [0.3, 0.4) is 0 Å². The Kier molecular flexibility index (Phi) is 8.82. The lowest BCUT2D eigenvalue weighted by Gasteiger charge is -2.19. The number of sulfonamides is 1. The van der Waals surface area contributed by atoms with Gasteiger partial charge in [-0.05, 0) is 60.9 Å². The number of benzene rings is 3. The molecule has 6 nitrogen and oxygen atoms in total. The van der Waals surface area contributed by atoms with Crippen molar-refractivity contribution in [2.24, 2.45) is 0 Å². The Hall–Kier alpha value is -3.57. The van der Waals surface area contributed by atoms with Crippen molar-refractivity contribution in [2.75, 3.05) is 0 Å². The molecule has 3 aromatic carbocycles. The number of carbonyl (C=O) groups is 2. The Morgan fingerprint density at radius 2 is 1.46 bits per heavy atom. The molecule has 3 rings (SSSR count). The van der Waals surface area contributed by atoms with Crippen LogP contribution < -0.4 is 10.0 Å². The van der Waals surface area contributed by atoms with Gasteiger partial charge >= 0.3 is 6.18 Å². The van der Waals surface area contributed by atoms with Gasteiger partial charge < -0.3 is 5.32 Å². The van der Waals surface area contributed by atoms with E-state index in [2.05, 4.69) is 5.32 Å². The molecule has 0 heterocycles. The Balaban J connectivity index is 1.75. The van der Waals surface area contributed by atoms with Crippen LogP contribution >= 0.6 is 0 Å². The largest absolute Gasteiger partial charge is 0.404 e. The summed E-state index contributed by atoms with van der Waals surface area (Å²) in [6, 6.07) is 15.4. The fourth-order valence-electron chi connectivity index (χ4n) is 3.42. The molecule has 0 bridgehead atoms. The third-order valence-electron chi connectivity index (χ3n) is 5.52. The van der Waals surface area contributed by atoms with Gasteiger partial charge in [-0.15, -0.1) is 0 Å². The molecule has 37 heavy (non-hydrogen) atoms. The highest BCUT2D eigenvalue weighted by Gasteiger charge is 2.38. The first-order valence-corrected chi connectivity index (χ1v) is 12.6. The smallest absolute Gasteiger partial charge is 0.342 e. The summed E-state index contributed by atoms with van der Waals surface area (Å²) in [7, 11) is -4.43. The number of rotatable bonds is 10. The molecule has 11 heteroatoms. The van der Waals surface area contributed by atoms with Gasteiger partial charge in [-0.25, -0.2) is 12.8 Å². The molecule has 0 aromatic heterocycles. The number of Topliss-reactive ketones (excluding diaryl/α,β-unsaturated/α-hetero) is 1. The molecular formula is C26H24F4N2O4S. The summed E-state index contributed by atoms with van der Waals surface area (Å²) in [6.45, 7) is 0.692. The van der Waals surface area contributed by atoms with Crippen molar-refractivity contribution in [2.45, 2.75) is 42.9 Å². The topological polar surface area (TPSA) is 92.3 Å². The fourth-order valence-corrected chi connectivity index (χ4v) is 4.65. The van der Waals surface area contributed by atoms with Gasteiger partial charge in [-0.3, -0.25) is 9.59 Å². The van der Waals surface area contributed by atoms with Crippen LogP contribution in [0.4, 0.5) is 17.6 Å². The van der Waals surface area contributed by atoms with E-state index in [1.807, 2.05) is 0 Å². The molecule has 0 radical (unpaired) electrons. The van der Waals surface area contributed by atoms with Crippen LogP contribution in [-0.4, -0.2) is 38.4 Å². The molecule has 196 valence electrons. The molecule has 0 saturated heterocycles. The van der Waals surface area contributed by atoms with Crippen molar-refractivity contribution in [1.29, 1.82) is 0 Å². The third-order valence-corrected chi connectivity index (χ3v) is 7.07. The fraction of sp³-hybridized carbons (Fsp3) is 0.231. The molecule has 0 saturated carbocycles. The van der Waals surface area contributed by atoms with E-state index >= 15 is 0 Å². The summed E-state index contributed by atoms with van der Waals surface area (Å²) in [5.74, 6) is -1.46. The Labute approximate surface area is 211 Å². The average molecular weight is 537 g/mol. The molecule has 2 atom stereocenters. The maximum Gasteiger partial charge on any atom is 0.404 e. The predicted molar refractivity (Wildman–Crippen MR) is 129 cm³/mol. The molecule has 0 spiro atoms. The second kappa shape index (κ2) is 11.7. The number of halogens is 4. The molecule has 0 aliphatic heterocycles. The Morgan fingerprint density at radius 1 is 0.865 bits per heavy atom. The highest BCUT2D eigenvalue weighted by molar-refractivity contribution is 7.89. The van der Waals surface area contributed by atoms with Gasteiger partial charge in [0, 0.05) is 12.0 Å². The number of carbonyl (C=O) groups excluding carboxylic acids is 2. The minimum Gasteiger partial charge on any atom is -0.342 e. The van der Waals surface area contributed by atoms with E-state index in [1.165, 1.54) is 24.3 Å². The molecule has 3 aromatic rings. The minimum atomic E-state index is -4.74. The van der Waals surface area contributed by atoms with E-state index in [0.717, 1.165) is 29.8 Å². The van der Waals surface area contributed by atoms with Gasteiger partial charge in [0.2, 0.25) is 10.0 Å². The zero-order valence-electron chi connectivity index (χ0n) is 19.6. The standard InChI is InChI=1S/C26H24F4N2O4S/c1-17(26(28,29)30)32-37(35,36)22-13-7-19(8-14-22)16-24(33)23(15-18-5-3-2-4-6-18)31-25(34)20-9-11-21(27)12-10-20/h2-14,17,23,32H,15-16H2,1H3,(H,31,34)/t17-,23+/m1/s1. The lowest BCUT2D eigenvalue weighted by molar-refractivity contribution is -0.147. The van der Waals surface area contributed by atoms with Crippen LogP contribution in [0.5, 0.6) is 0 Å². The van der Waals surface area contributed by atoms with Crippen LogP contribution in [0.1, 0.15) is 28.4 Å². The highest BCUT2D eigenvalue weighted by Crippen LogP contribution is 2.22. The van der Waals surface area contributed by atoms with Crippen LogP contribution in [-0.2, 0) is 27.7 Å². The Morgan fingerprint density at radius 3 is 2.03 bits per heavy atom. The van der Waals surface area contributed by atoms with Crippen LogP contribution in [0, 0.1) is 5.82 Å². The van der Waals surface area contributed by atoms with E-state index in [-0.39, 0.29) is 29.1 Å². The van der Waals surface area contributed by atoms with Gasteiger partial charge in [0.05, 0.1) is 10.9 Å². The molecule has 0 fully saturated rings. The SMILES string of the molecule is C[C@@H](NS(=O)(=O)c1ccc(CC(=O)[C@H](Cc2ccccc2)NC(=O)c2ccc(F)cc2)cc1)C(F)(F)F. The molecule has 2 N–H and O–H groups in total. The maximum absolute atomic E-state index is 13.2. The van der Waals surface area contributed by atoms with E-state index in [0.29, 0.717) is 12.5 Å². The number of amides is 1. The lowest BCUT2D eigenvalue weighted by Crippen LogP contribution is -2.43. The second-order valence-electron chi connectivity index (χ2n) is 8.39. The number of alkyl halides is 3. The van der Waals surface area contributed by atoms with E-state index < -0.39 is 40.0 Å². The molecule has 0 aliphatic rings. The summed E-state index contributed by atoms with van der Waals surface area (Å²) in [5, 5.41) is 2.67.